The van der Waals surface area contributed by atoms with Gasteiger partial charge in [-0.15, -0.1) is 0 Å². The van der Waals surface area contributed by atoms with E-state index in [1.54, 1.807) is 0 Å². The average Bonchev–Trinajstić information content (AvgIpc) is 2.64. The van der Waals surface area contributed by atoms with Gasteiger partial charge in [0, 0.05) is 5.54 Å². The van der Waals surface area contributed by atoms with Crippen LogP contribution in [-0.4, -0.2) is 22.5 Å². The molecule has 0 unspecified atom stereocenters. The second-order valence-electron chi connectivity index (χ2n) is 4.56. The Morgan fingerprint density at radius 3 is 2.41 bits per heavy atom. The Kier molecular flexibility index (Phi) is 3.93. The topological polar surface area (TPSA) is 79.5 Å². The molecule has 0 saturated heterocycles. The van der Waals surface area contributed by atoms with Crippen molar-refractivity contribution < 1.29 is 19.1 Å². The Labute approximate surface area is 99.8 Å². The Bertz CT molecular complexity index is 420. The molecule has 94 valence electrons. The second-order valence-corrected chi connectivity index (χ2v) is 4.56. The molecule has 0 atom stereocenters. The summed E-state index contributed by atoms with van der Waals surface area (Å²) in [7, 11) is 0. The average molecular weight is 239 g/mol. The summed E-state index contributed by atoms with van der Waals surface area (Å²) >= 11 is 0. The number of amides is 1. The molecule has 0 radical (unpaired) electrons. The predicted octanol–water partition coefficient (Wildman–Crippen LogP) is 2.29. The summed E-state index contributed by atoms with van der Waals surface area (Å²) in [4.78, 5) is 22.4. The molecule has 0 aromatic carbocycles. The third kappa shape index (κ3) is 3.62. The van der Waals surface area contributed by atoms with Crippen molar-refractivity contribution >= 4 is 11.9 Å². The minimum atomic E-state index is -1.18. The van der Waals surface area contributed by atoms with E-state index in [0.717, 1.165) is 12.8 Å². The van der Waals surface area contributed by atoms with Crippen LogP contribution in [0.2, 0.25) is 0 Å². The molecule has 1 amide bonds. The monoisotopic (exact) mass is 239 g/mol. The maximum absolute atomic E-state index is 11.8. The number of rotatable bonds is 5. The smallest absolute Gasteiger partial charge is 0.371 e. The highest BCUT2D eigenvalue weighted by molar-refractivity contribution is 5.93. The van der Waals surface area contributed by atoms with Gasteiger partial charge in [-0.1, -0.05) is 13.3 Å². The van der Waals surface area contributed by atoms with E-state index in [1.807, 2.05) is 20.8 Å². The summed E-state index contributed by atoms with van der Waals surface area (Å²) in [5, 5.41) is 11.5. The van der Waals surface area contributed by atoms with Gasteiger partial charge in [-0.3, -0.25) is 4.79 Å². The van der Waals surface area contributed by atoms with Crippen molar-refractivity contribution in [1.29, 1.82) is 0 Å². The lowest BCUT2D eigenvalue weighted by atomic mass is 9.99. The SMILES string of the molecule is CCCC(C)(C)NC(=O)c1ccc(C(=O)O)o1. The Hall–Kier alpha value is -1.78. The Morgan fingerprint density at radius 1 is 1.35 bits per heavy atom. The predicted molar refractivity (Wildman–Crippen MR) is 62.1 cm³/mol. The molecule has 1 aromatic rings. The van der Waals surface area contributed by atoms with Crippen LogP contribution in [0.1, 0.15) is 54.7 Å². The normalized spacial score (nSPS) is 11.2. The van der Waals surface area contributed by atoms with Gasteiger partial charge in [0.25, 0.3) is 5.91 Å². The molecular weight excluding hydrogens is 222 g/mol. The molecule has 0 fully saturated rings. The Balaban J connectivity index is 2.73. The first-order chi connectivity index (χ1) is 7.85. The van der Waals surface area contributed by atoms with Crippen LogP contribution >= 0.6 is 0 Å². The maximum Gasteiger partial charge on any atom is 0.371 e. The molecule has 0 aliphatic heterocycles. The number of hydrogen-bond acceptors (Lipinski definition) is 3. The fraction of sp³-hybridized carbons (Fsp3) is 0.500. The molecule has 1 rings (SSSR count). The Morgan fingerprint density at radius 2 is 1.94 bits per heavy atom. The highest BCUT2D eigenvalue weighted by Crippen LogP contribution is 2.13. The molecule has 0 saturated carbocycles. The van der Waals surface area contributed by atoms with E-state index < -0.39 is 11.9 Å². The molecule has 0 bridgehead atoms. The standard InChI is InChI=1S/C12H17NO4/c1-4-7-12(2,3)13-10(14)8-5-6-9(17-8)11(15)16/h5-6H,4,7H2,1-3H3,(H,13,14)(H,15,16). The fourth-order valence-electron chi connectivity index (χ4n) is 1.63. The minimum Gasteiger partial charge on any atom is -0.475 e. The highest BCUT2D eigenvalue weighted by Gasteiger charge is 2.22. The largest absolute Gasteiger partial charge is 0.475 e. The summed E-state index contributed by atoms with van der Waals surface area (Å²) in [5.41, 5.74) is -0.331. The van der Waals surface area contributed by atoms with Crippen LogP contribution in [-0.2, 0) is 0 Å². The molecule has 2 N–H and O–H groups in total. The lowest BCUT2D eigenvalue weighted by Crippen LogP contribution is -2.43. The number of furan rings is 1. The summed E-state index contributed by atoms with van der Waals surface area (Å²) in [6.45, 7) is 5.86. The zero-order valence-corrected chi connectivity index (χ0v) is 10.2. The van der Waals surface area contributed by atoms with Gasteiger partial charge in [0.1, 0.15) is 0 Å². The van der Waals surface area contributed by atoms with Crippen molar-refractivity contribution in [2.75, 3.05) is 0 Å². The van der Waals surface area contributed by atoms with Crippen molar-refractivity contribution in [2.45, 2.75) is 39.2 Å². The number of carbonyl (C=O) groups is 2. The van der Waals surface area contributed by atoms with Crippen molar-refractivity contribution in [2.24, 2.45) is 0 Å². The van der Waals surface area contributed by atoms with Crippen molar-refractivity contribution in [3.8, 4) is 0 Å². The van der Waals surface area contributed by atoms with Gasteiger partial charge in [0.2, 0.25) is 5.76 Å². The van der Waals surface area contributed by atoms with E-state index in [9.17, 15) is 9.59 Å². The molecule has 17 heavy (non-hydrogen) atoms. The molecule has 0 aliphatic carbocycles. The highest BCUT2D eigenvalue weighted by atomic mass is 16.4. The molecule has 1 heterocycles. The van der Waals surface area contributed by atoms with Gasteiger partial charge < -0.3 is 14.8 Å². The summed E-state index contributed by atoms with van der Waals surface area (Å²) < 4.78 is 4.92. The van der Waals surface area contributed by atoms with Crippen molar-refractivity contribution in [3.05, 3.63) is 23.7 Å². The van der Waals surface area contributed by atoms with Crippen LogP contribution in [0.15, 0.2) is 16.5 Å². The van der Waals surface area contributed by atoms with E-state index in [0.29, 0.717) is 0 Å². The lowest BCUT2D eigenvalue weighted by Gasteiger charge is -2.25. The van der Waals surface area contributed by atoms with E-state index in [-0.39, 0.29) is 17.1 Å². The molecular formula is C12H17NO4. The van der Waals surface area contributed by atoms with Crippen LogP contribution < -0.4 is 5.32 Å². The van der Waals surface area contributed by atoms with E-state index in [1.165, 1.54) is 12.1 Å². The number of carboxylic acids is 1. The first kappa shape index (κ1) is 13.3. The minimum absolute atomic E-state index is 0.0200. The molecule has 5 heteroatoms. The number of carbonyl (C=O) groups excluding carboxylic acids is 1. The molecule has 1 aromatic heterocycles. The van der Waals surface area contributed by atoms with Gasteiger partial charge in [-0.05, 0) is 32.4 Å². The first-order valence-corrected chi connectivity index (χ1v) is 5.51. The van der Waals surface area contributed by atoms with Crippen LogP contribution in [0, 0.1) is 0 Å². The third-order valence-corrected chi connectivity index (χ3v) is 2.37. The molecule has 0 spiro atoms. The zero-order chi connectivity index (χ0) is 13.1. The zero-order valence-electron chi connectivity index (χ0n) is 10.2. The van der Waals surface area contributed by atoms with Crippen LogP contribution in [0.25, 0.3) is 0 Å². The van der Waals surface area contributed by atoms with Crippen molar-refractivity contribution in [3.63, 3.8) is 0 Å². The van der Waals surface area contributed by atoms with E-state index in [2.05, 4.69) is 5.32 Å². The maximum atomic E-state index is 11.8. The van der Waals surface area contributed by atoms with Gasteiger partial charge in [-0.2, -0.15) is 0 Å². The van der Waals surface area contributed by atoms with Crippen LogP contribution in [0.5, 0.6) is 0 Å². The molecule has 5 nitrogen and oxygen atoms in total. The van der Waals surface area contributed by atoms with Gasteiger partial charge in [0.05, 0.1) is 0 Å². The summed E-state index contributed by atoms with van der Waals surface area (Å²) in [5.74, 6) is -1.79. The number of hydrogen-bond donors (Lipinski definition) is 2. The van der Waals surface area contributed by atoms with Crippen molar-refractivity contribution in [1.82, 2.24) is 5.32 Å². The second kappa shape index (κ2) is 5.03. The lowest BCUT2D eigenvalue weighted by molar-refractivity contribution is 0.0659. The number of nitrogens with one attached hydrogen (secondary N) is 1. The fourth-order valence-corrected chi connectivity index (χ4v) is 1.63. The summed E-state index contributed by atoms with van der Waals surface area (Å²) in [6.07, 6.45) is 1.79. The number of aromatic carboxylic acids is 1. The van der Waals surface area contributed by atoms with Gasteiger partial charge >= 0.3 is 5.97 Å². The quantitative estimate of drug-likeness (QED) is 0.826. The third-order valence-electron chi connectivity index (χ3n) is 2.37. The first-order valence-electron chi connectivity index (χ1n) is 5.51. The molecule has 0 aliphatic rings. The van der Waals surface area contributed by atoms with E-state index in [4.69, 9.17) is 9.52 Å². The summed E-state index contributed by atoms with van der Waals surface area (Å²) in [6, 6.07) is 2.63. The van der Waals surface area contributed by atoms with Gasteiger partial charge in [-0.25, -0.2) is 4.79 Å². The number of carboxylic acid groups (broad SMARTS) is 1. The van der Waals surface area contributed by atoms with E-state index >= 15 is 0 Å². The van der Waals surface area contributed by atoms with Crippen LogP contribution in [0.4, 0.5) is 0 Å². The van der Waals surface area contributed by atoms with Crippen LogP contribution in [0.3, 0.4) is 0 Å². The van der Waals surface area contributed by atoms with Gasteiger partial charge in [0.15, 0.2) is 5.76 Å².